The maximum absolute atomic E-state index is 12.6. The lowest BCUT2D eigenvalue weighted by Gasteiger charge is -2.12. The highest BCUT2D eigenvalue weighted by Crippen LogP contribution is 2.34. The number of hydrogen-bond acceptors (Lipinski definition) is 5. The Morgan fingerprint density at radius 2 is 1.47 bits per heavy atom. The van der Waals surface area contributed by atoms with Crippen LogP contribution in [-0.2, 0) is 25.2 Å². The van der Waals surface area contributed by atoms with Crippen molar-refractivity contribution in [3.63, 3.8) is 0 Å². The molecule has 3 aromatic rings. The molecule has 1 atom stereocenters. The van der Waals surface area contributed by atoms with E-state index >= 15 is 0 Å². The highest BCUT2D eigenvalue weighted by molar-refractivity contribution is 7.97. The highest BCUT2D eigenvalue weighted by atomic mass is 32.2. The fraction of sp³-hybridized carbons (Fsp3) is 0.167. The van der Waals surface area contributed by atoms with Crippen LogP contribution in [0.25, 0.3) is 0 Å². The molecule has 6 heteroatoms. The van der Waals surface area contributed by atoms with Gasteiger partial charge in [0.1, 0.15) is 22.2 Å². The molecule has 0 fully saturated rings. The molecule has 0 heterocycles. The first-order valence-corrected chi connectivity index (χ1v) is 10.7. The number of rotatable bonds is 8. The molecule has 0 aliphatic rings. The molecule has 3 rings (SSSR count). The van der Waals surface area contributed by atoms with Crippen molar-refractivity contribution in [2.75, 3.05) is 20.3 Å². The van der Waals surface area contributed by atoms with Gasteiger partial charge in [-0.15, -0.1) is 0 Å². The first kappa shape index (κ1) is 21.5. The largest absolute Gasteiger partial charge is 0.482 e. The summed E-state index contributed by atoms with van der Waals surface area (Å²) < 4.78 is 15.3. The minimum absolute atomic E-state index is 0.147. The number of benzene rings is 3. The predicted octanol–water partition coefficient (Wildman–Crippen LogP) is 4.51. The molecule has 0 spiro atoms. The zero-order valence-corrected chi connectivity index (χ0v) is 17.7. The second-order valence-electron chi connectivity index (χ2n) is 6.17. The van der Waals surface area contributed by atoms with E-state index in [9.17, 15) is 9.59 Å². The number of methoxy groups -OCH3 is 1. The van der Waals surface area contributed by atoms with Crippen LogP contribution in [0.3, 0.4) is 0 Å². The Morgan fingerprint density at radius 1 is 0.833 bits per heavy atom. The summed E-state index contributed by atoms with van der Waals surface area (Å²) in [6.07, 6.45) is 0. The third kappa shape index (κ3) is 5.21. The van der Waals surface area contributed by atoms with Gasteiger partial charge in [0.05, 0.1) is 13.7 Å². The quantitative estimate of drug-likeness (QED) is 0.394. The molecule has 0 aliphatic heterocycles. The van der Waals surface area contributed by atoms with Gasteiger partial charge in [-0.2, -0.15) is 0 Å². The molecule has 1 unspecified atom stereocenters. The smallest absolute Gasteiger partial charge is 0.343 e. The van der Waals surface area contributed by atoms with Crippen molar-refractivity contribution in [2.24, 2.45) is 0 Å². The predicted molar refractivity (Wildman–Crippen MR) is 115 cm³/mol. The molecule has 0 saturated heterocycles. The Balaban J connectivity index is 2.00. The molecule has 0 aliphatic carbocycles. The van der Waals surface area contributed by atoms with E-state index in [2.05, 4.69) is 4.74 Å². The fourth-order valence-electron chi connectivity index (χ4n) is 2.84. The van der Waals surface area contributed by atoms with E-state index in [0.29, 0.717) is 17.9 Å². The summed E-state index contributed by atoms with van der Waals surface area (Å²) in [6.45, 7) is 1.97. The van der Waals surface area contributed by atoms with Gasteiger partial charge in [0.2, 0.25) is 0 Å². The van der Waals surface area contributed by atoms with E-state index in [1.54, 1.807) is 13.0 Å². The zero-order valence-electron chi connectivity index (χ0n) is 16.9. The van der Waals surface area contributed by atoms with Crippen molar-refractivity contribution >= 4 is 22.8 Å². The first-order chi connectivity index (χ1) is 14.6. The van der Waals surface area contributed by atoms with Crippen molar-refractivity contribution < 1.29 is 23.8 Å². The summed E-state index contributed by atoms with van der Waals surface area (Å²) in [4.78, 5) is 26.9. The number of esters is 2. The summed E-state index contributed by atoms with van der Waals surface area (Å²) >= 11 is 0. The Labute approximate surface area is 178 Å². The van der Waals surface area contributed by atoms with Gasteiger partial charge < -0.3 is 14.2 Å². The molecule has 5 nitrogen and oxygen atoms in total. The molecular weight excluding hydrogens is 400 g/mol. The van der Waals surface area contributed by atoms with Crippen LogP contribution in [0.4, 0.5) is 0 Å². The van der Waals surface area contributed by atoms with Crippen molar-refractivity contribution in [3.8, 4) is 5.75 Å². The minimum atomic E-state index is -0.521. The standard InChI is InChI=1S/C24H23O5S/c1-3-28-24(26)21-11-7-8-12-22(21)30(19-9-5-4-6-10-19)20-15-13-18(14-16-20)29-17-23(25)27-2/h4-16H,3,17H2,1-2H3/q+1. The van der Waals surface area contributed by atoms with Gasteiger partial charge in [0, 0.05) is 0 Å². The van der Waals surface area contributed by atoms with E-state index < -0.39 is 16.9 Å². The molecule has 0 N–H and O–H groups in total. The summed E-state index contributed by atoms with van der Waals surface area (Å²) in [5.74, 6) is -0.203. The number of carbonyl (C=O) groups is 2. The Bertz CT molecular complexity index is 986. The number of hydrogen-bond donors (Lipinski definition) is 0. The van der Waals surface area contributed by atoms with Crippen LogP contribution in [0.5, 0.6) is 5.75 Å². The van der Waals surface area contributed by atoms with Crippen LogP contribution < -0.4 is 4.74 Å². The molecule has 30 heavy (non-hydrogen) atoms. The van der Waals surface area contributed by atoms with E-state index in [0.717, 1.165) is 14.7 Å². The maximum atomic E-state index is 12.6. The van der Waals surface area contributed by atoms with Gasteiger partial charge in [0.15, 0.2) is 21.3 Å². The van der Waals surface area contributed by atoms with Crippen LogP contribution in [-0.4, -0.2) is 32.3 Å². The maximum Gasteiger partial charge on any atom is 0.343 e. The molecule has 0 aromatic heterocycles. The lowest BCUT2D eigenvalue weighted by molar-refractivity contribution is -0.142. The van der Waals surface area contributed by atoms with E-state index in [4.69, 9.17) is 9.47 Å². The van der Waals surface area contributed by atoms with E-state index in [1.165, 1.54) is 7.11 Å². The Morgan fingerprint density at radius 3 is 2.13 bits per heavy atom. The first-order valence-electron chi connectivity index (χ1n) is 9.49. The molecule has 154 valence electrons. The van der Waals surface area contributed by atoms with Crippen molar-refractivity contribution in [2.45, 2.75) is 21.6 Å². The summed E-state index contributed by atoms with van der Waals surface area (Å²) in [5.41, 5.74) is 0.553. The van der Waals surface area contributed by atoms with Gasteiger partial charge in [-0.3, -0.25) is 0 Å². The summed E-state index contributed by atoms with van der Waals surface area (Å²) in [7, 11) is 0.800. The van der Waals surface area contributed by atoms with Crippen molar-refractivity contribution in [1.29, 1.82) is 0 Å². The molecule has 0 radical (unpaired) electrons. The average molecular weight is 424 g/mol. The van der Waals surface area contributed by atoms with Crippen LogP contribution >= 0.6 is 0 Å². The van der Waals surface area contributed by atoms with Gasteiger partial charge >= 0.3 is 11.9 Å². The van der Waals surface area contributed by atoms with Crippen LogP contribution in [0.1, 0.15) is 17.3 Å². The van der Waals surface area contributed by atoms with Crippen molar-refractivity contribution in [1.82, 2.24) is 0 Å². The van der Waals surface area contributed by atoms with Crippen LogP contribution in [0.15, 0.2) is 93.5 Å². The third-order valence-corrected chi connectivity index (χ3v) is 6.51. The Kier molecular flexibility index (Phi) is 7.51. The van der Waals surface area contributed by atoms with E-state index in [-0.39, 0.29) is 12.6 Å². The third-order valence-electron chi connectivity index (χ3n) is 4.23. The second-order valence-corrected chi connectivity index (χ2v) is 8.17. The summed E-state index contributed by atoms with van der Waals surface area (Å²) in [6, 6.07) is 25.1. The Hall–Kier alpha value is -3.25. The lowest BCUT2D eigenvalue weighted by Crippen LogP contribution is -2.14. The SMILES string of the molecule is CCOC(=O)c1ccccc1[S+](c1ccccc1)c1ccc(OCC(=O)OC)cc1. The highest BCUT2D eigenvalue weighted by Gasteiger charge is 2.33. The monoisotopic (exact) mass is 423 g/mol. The van der Waals surface area contributed by atoms with Crippen LogP contribution in [0, 0.1) is 0 Å². The van der Waals surface area contributed by atoms with Gasteiger partial charge in [-0.25, -0.2) is 9.59 Å². The van der Waals surface area contributed by atoms with Crippen molar-refractivity contribution in [3.05, 3.63) is 84.4 Å². The lowest BCUT2D eigenvalue weighted by atomic mass is 10.2. The van der Waals surface area contributed by atoms with Gasteiger partial charge in [-0.05, 0) is 55.5 Å². The second kappa shape index (κ2) is 10.5. The fourth-order valence-corrected chi connectivity index (χ4v) is 5.05. The zero-order chi connectivity index (χ0) is 21.3. The molecule has 0 saturated carbocycles. The molecule has 0 amide bonds. The summed E-state index contributed by atoms with van der Waals surface area (Å²) in [5, 5.41) is 0. The molecule has 0 bridgehead atoms. The average Bonchev–Trinajstić information content (AvgIpc) is 2.79. The van der Waals surface area contributed by atoms with Gasteiger partial charge in [-0.1, -0.05) is 30.3 Å². The normalized spacial score (nSPS) is 11.4. The number of carbonyl (C=O) groups excluding carboxylic acids is 2. The molecule has 3 aromatic carbocycles. The van der Waals surface area contributed by atoms with E-state index in [1.807, 2.05) is 72.8 Å². The number of ether oxygens (including phenoxy) is 3. The topological polar surface area (TPSA) is 61.8 Å². The van der Waals surface area contributed by atoms with Gasteiger partial charge in [0.25, 0.3) is 0 Å². The molecular formula is C24H23O5S+. The minimum Gasteiger partial charge on any atom is -0.482 e. The van der Waals surface area contributed by atoms with Crippen LogP contribution in [0.2, 0.25) is 0 Å².